The zero-order chi connectivity index (χ0) is 7.49. The second-order valence-electron chi connectivity index (χ2n) is 2.78. The van der Waals surface area contributed by atoms with Gasteiger partial charge in [0, 0.05) is 7.05 Å². The van der Waals surface area contributed by atoms with Gasteiger partial charge in [-0.05, 0) is 13.8 Å². The molecule has 3 nitrogen and oxygen atoms in total. The fourth-order valence-corrected chi connectivity index (χ4v) is 0.609. The van der Waals surface area contributed by atoms with Gasteiger partial charge in [-0.2, -0.15) is 5.06 Å². The molecular formula is C6H15NO2. The summed E-state index contributed by atoms with van der Waals surface area (Å²) >= 11 is 0. The lowest BCUT2D eigenvalue weighted by Gasteiger charge is -2.22. The summed E-state index contributed by atoms with van der Waals surface area (Å²) in [5, 5.41) is 10.8. The Morgan fingerprint density at radius 3 is 2.11 bits per heavy atom. The Labute approximate surface area is 56.2 Å². The highest BCUT2D eigenvalue weighted by atomic mass is 16.7. The summed E-state index contributed by atoms with van der Waals surface area (Å²) in [5.74, 6) is 0. The first kappa shape index (κ1) is 8.88. The smallest absolute Gasteiger partial charge is 0.0741 e. The van der Waals surface area contributed by atoms with Crippen molar-refractivity contribution >= 4 is 0 Å². The highest BCUT2D eigenvalue weighted by Crippen LogP contribution is 2.01. The van der Waals surface area contributed by atoms with E-state index >= 15 is 0 Å². The first-order valence-electron chi connectivity index (χ1n) is 2.93. The van der Waals surface area contributed by atoms with Gasteiger partial charge in [0.25, 0.3) is 0 Å². The standard InChI is InChI=1S/C6H15NO2/c1-6(2,8)5-7(3)9-4/h8H,5H2,1-4H3. The van der Waals surface area contributed by atoms with E-state index in [1.54, 1.807) is 33.1 Å². The zero-order valence-corrected chi connectivity index (χ0v) is 6.51. The van der Waals surface area contributed by atoms with Crippen molar-refractivity contribution < 1.29 is 9.94 Å². The van der Waals surface area contributed by atoms with E-state index in [-0.39, 0.29) is 0 Å². The molecule has 0 fully saturated rings. The van der Waals surface area contributed by atoms with E-state index in [2.05, 4.69) is 0 Å². The van der Waals surface area contributed by atoms with Crippen molar-refractivity contribution in [1.82, 2.24) is 5.06 Å². The summed E-state index contributed by atoms with van der Waals surface area (Å²) in [6.45, 7) is 3.99. The number of hydroxylamine groups is 2. The van der Waals surface area contributed by atoms with Crippen LogP contribution >= 0.6 is 0 Å². The van der Waals surface area contributed by atoms with Gasteiger partial charge in [0.1, 0.15) is 0 Å². The molecule has 0 heterocycles. The topological polar surface area (TPSA) is 32.7 Å². The van der Waals surface area contributed by atoms with Gasteiger partial charge in [0.05, 0.1) is 19.3 Å². The maximum atomic E-state index is 9.20. The molecule has 0 saturated carbocycles. The van der Waals surface area contributed by atoms with E-state index < -0.39 is 5.60 Å². The predicted octanol–water partition coefficient (Wildman–Crippen LogP) is 0.250. The average molecular weight is 133 g/mol. The summed E-state index contributed by atoms with van der Waals surface area (Å²) in [6, 6.07) is 0. The molecule has 0 aliphatic heterocycles. The van der Waals surface area contributed by atoms with Crippen molar-refractivity contribution in [3.05, 3.63) is 0 Å². The normalized spacial score (nSPS) is 12.7. The van der Waals surface area contributed by atoms with Gasteiger partial charge in [-0.3, -0.25) is 0 Å². The van der Waals surface area contributed by atoms with E-state index in [1.807, 2.05) is 0 Å². The van der Waals surface area contributed by atoms with Crippen LogP contribution in [0.1, 0.15) is 13.8 Å². The molecule has 0 aromatic heterocycles. The van der Waals surface area contributed by atoms with Gasteiger partial charge in [-0.25, -0.2) is 0 Å². The van der Waals surface area contributed by atoms with Crippen molar-refractivity contribution in [2.75, 3.05) is 20.7 Å². The van der Waals surface area contributed by atoms with Crippen molar-refractivity contribution in [2.24, 2.45) is 0 Å². The van der Waals surface area contributed by atoms with Crippen LogP contribution < -0.4 is 0 Å². The third-order valence-electron chi connectivity index (χ3n) is 0.921. The minimum absolute atomic E-state index is 0.517. The molecule has 0 aliphatic carbocycles. The summed E-state index contributed by atoms with van der Waals surface area (Å²) in [6.07, 6.45) is 0. The van der Waals surface area contributed by atoms with Crippen LogP contribution in [0, 0.1) is 0 Å². The van der Waals surface area contributed by atoms with Crippen LogP contribution in [0.5, 0.6) is 0 Å². The lowest BCUT2D eigenvalue weighted by molar-refractivity contribution is -0.143. The Kier molecular flexibility index (Phi) is 3.11. The molecule has 0 unspecified atom stereocenters. The zero-order valence-electron chi connectivity index (χ0n) is 6.51. The number of likely N-dealkylation sites (N-methyl/N-ethyl adjacent to an activating group) is 1. The Bertz CT molecular complexity index is 77.6. The maximum Gasteiger partial charge on any atom is 0.0741 e. The van der Waals surface area contributed by atoms with Crippen molar-refractivity contribution in [3.8, 4) is 0 Å². The number of rotatable bonds is 3. The van der Waals surface area contributed by atoms with Crippen molar-refractivity contribution in [3.63, 3.8) is 0 Å². The van der Waals surface area contributed by atoms with Crippen LogP contribution in [0.4, 0.5) is 0 Å². The predicted molar refractivity (Wildman–Crippen MR) is 35.9 cm³/mol. The maximum absolute atomic E-state index is 9.20. The molecule has 0 spiro atoms. The van der Waals surface area contributed by atoms with Crippen LogP contribution in [0.3, 0.4) is 0 Å². The Morgan fingerprint density at radius 1 is 1.56 bits per heavy atom. The summed E-state index contributed by atoms with van der Waals surface area (Å²) in [4.78, 5) is 4.80. The fourth-order valence-electron chi connectivity index (χ4n) is 0.609. The van der Waals surface area contributed by atoms with Gasteiger partial charge < -0.3 is 9.94 Å². The molecule has 1 N–H and O–H groups in total. The van der Waals surface area contributed by atoms with E-state index in [0.717, 1.165) is 0 Å². The minimum Gasteiger partial charge on any atom is -0.389 e. The SMILES string of the molecule is CON(C)CC(C)(C)O. The Morgan fingerprint density at radius 2 is 2.00 bits per heavy atom. The molecule has 0 aromatic carbocycles. The lowest BCUT2D eigenvalue weighted by Crippen LogP contribution is -2.35. The highest BCUT2D eigenvalue weighted by Gasteiger charge is 2.14. The van der Waals surface area contributed by atoms with Gasteiger partial charge in [0.15, 0.2) is 0 Å². The number of aliphatic hydroxyl groups is 1. The van der Waals surface area contributed by atoms with Crippen LogP contribution in [0.2, 0.25) is 0 Å². The average Bonchev–Trinajstić information content (AvgIpc) is 1.62. The second-order valence-corrected chi connectivity index (χ2v) is 2.78. The van der Waals surface area contributed by atoms with Gasteiger partial charge in [0.2, 0.25) is 0 Å². The second kappa shape index (κ2) is 3.15. The number of hydrogen-bond donors (Lipinski definition) is 1. The van der Waals surface area contributed by atoms with Gasteiger partial charge >= 0.3 is 0 Å². The van der Waals surface area contributed by atoms with E-state index in [0.29, 0.717) is 6.54 Å². The molecule has 0 bridgehead atoms. The quantitative estimate of drug-likeness (QED) is 0.560. The lowest BCUT2D eigenvalue weighted by atomic mass is 10.1. The first-order valence-corrected chi connectivity index (χ1v) is 2.93. The molecular weight excluding hydrogens is 118 g/mol. The largest absolute Gasteiger partial charge is 0.389 e. The van der Waals surface area contributed by atoms with Crippen molar-refractivity contribution in [2.45, 2.75) is 19.4 Å². The van der Waals surface area contributed by atoms with Crippen LogP contribution in [-0.4, -0.2) is 36.5 Å². The summed E-state index contributed by atoms with van der Waals surface area (Å²) in [5.41, 5.74) is -0.676. The third kappa shape index (κ3) is 5.76. The van der Waals surface area contributed by atoms with Crippen LogP contribution in [0.25, 0.3) is 0 Å². The third-order valence-corrected chi connectivity index (χ3v) is 0.921. The van der Waals surface area contributed by atoms with E-state index in [4.69, 9.17) is 4.84 Å². The Balaban J connectivity index is 3.47. The minimum atomic E-state index is -0.676. The summed E-state index contributed by atoms with van der Waals surface area (Å²) in [7, 11) is 3.35. The van der Waals surface area contributed by atoms with E-state index in [9.17, 15) is 5.11 Å². The molecule has 3 heteroatoms. The van der Waals surface area contributed by atoms with E-state index in [1.165, 1.54) is 0 Å². The number of hydrogen-bond acceptors (Lipinski definition) is 3. The molecule has 0 atom stereocenters. The van der Waals surface area contributed by atoms with Crippen LogP contribution in [-0.2, 0) is 4.84 Å². The number of nitrogens with zero attached hydrogens (tertiary/aromatic N) is 1. The molecule has 9 heavy (non-hydrogen) atoms. The molecule has 0 aromatic rings. The highest BCUT2D eigenvalue weighted by molar-refractivity contribution is 4.65. The molecule has 0 aliphatic rings. The first-order chi connectivity index (χ1) is 3.95. The summed E-state index contributed by atoms with van der Waals surface area (Å²) < 4.78 is 0. The fraction of sp³-hybridized carbons (Fsp3) is 1.00. The van der Waals surface area contributed by atoms with Crippen molar-refractivity contribution in [1.29, 1.82) is 0 Å². The Hall–Kier alpha value is -0.120. The molecule has 0 saturated heterocycles. The van der Waals surface area contributed by atoms with Crippen LogP contribution in [0.15, 0.2) is 0 Å². The van der Waals surface area contributed by atoms with Gasteiger partial charge in [-0.15, -0.1) is 0 Å². The molecule has 0 radical (unpaired) electrons. The molecule has 0 amide bonds. The van der Waals surface area contributed by atoms with Gasteiger partial charge in [-0.1, -0.05) is 0 Å². The monoisotopic (exact) mass is 133 g/mol. The molecule has 0 rings (SSSR count). The molecule has 56 valence electrons.